The first-order valence-electron chi connectivity index (χ1n) is 5.43. The highest BCUT2D eigenvalue weighted by Crippen LogP contribution is 2.30. The molecule has 0 bridgehead atoms. The van der Waals surface area contributed by atoms with Crippen LogP contribution in [0.3, 0.4) is 0 Å². The maximum Gasteiger partial charge on any atom is 0.160 e. The maximum atomic E-state index is 13.0. The van der Waals surface area contributed by atoms with Gasteiger partial charge in [0.05, 0.1) is 5.56 Å². The number of imidazole rings is 1. The number of hydrogen-bond donors (Lipinski definition) is 1. The van der Waals surface area contributed by atoms with Crippen molar-refractivity contribution < 1.29 is 9.50 Å². The van der Waals surface area contributed by atoms with Crippen molar-refractivity contribution in [1.29, 1.82) is 0 Å². The number of nitrogens with zero attached hydrogens (tertiary/aromatic N) is 3. The zero-order chi connectivity index (χ0) is 12.7. The lowest BCUT2D eigenvalue weighted by Gasteiger charge is -2.04. The van der Waals surface area contributed by atoms with Crippen molar-refractivity contribution in [2.24, 2.45) is 7.05 Å². The lowest BCUT2D eigenvalue weighted by Crippen LogP contribution is -1.94. The molecule has 0 atom stereocenters. The smallest absolute Gasteiger partial charge is 0.160 e. The third-order valence-corrected chi connectivity index (χ3v) is 2.83. The second kappa shape index (κ2) is 3.80. The van der Waals surface area contributed by atoms with Gasteiger partial charge in [-0.2, -0.15) is 0 Å². The molecule has 90 valence electrons. The quantitative estimate of drug-likeness (QED) is 0.714. The summed E-state index contributed by atoms with van der Waals surface area (Å²) in [6.45, 7) is 0. The predicted octanol–water partition coefficient (Wildman–Crippen LogP) is 2.48. The second-order valence-corrected chi connectivity index (χ2v) is 4.00. The van der Waals surface area contributed by atoms with Crippen molar-refractivity contribution >= 4 is 11.2 Å². The molecule has 0 radical (unpaired) electrons. The van der Waals surface area contributed by atoms with Gasteiger partial charge in [-0.25, -0.2) is 14.4 Å². The molecule has 2 aromatic heterocycles. The zero-order valence-corrected chi connectivity index (χ0v) is 9.63. The molecule has 0 fully saturated rings. The molecule has 3 aromatic rings. The third-order valence-electron chi connectivity index (χ3n) is 2.83. The third kappa shape index (κ3) is 1.52. The van der Waals surface area contributed by atoms with Crippen molar-refractivity contribution in [1.82, 2.24) is 14.5 Å². The number of pyridine rings is 1. The first-order chi connectivity index (χ1) is 8.66. The highest BCUT2D eigenvalue weighted by molar-refractivity contribution is 5.78. The van der Waals surface area contributed by atoms with Crippen molar-refractivity contribution in [3.05, 3.63) is 42.3 Å². The molecule has 5 heteroatoms. The van der Waals surface area contributed by atoms with Gasteiger partial charge in [0.1, 0.15) is 22.9 Å². The molecule has 4 nitrogen and oxygen atoms in total. The Hall–Kier alpha value is -2.43. The van der Waals surface area contributed by atoms with Gasteiger partial charge in [-0.15, -0.1) is 0 Å². The summed E-state index contributed by atoms with van der Waals surface area (Å²) in [7, 11) is 1.81. The lowest BCUT2D eigenvalue weighted by molar-refractivity contribution is 0.470. The SMILES string of the molecule is Cn1c(-c2ccc(F)cc2O)nc2cccnc21. The van der Waals surface area contributed by atoms with Crippen LogP contribution < -0.4 is 0 Å². The molecule has 0 aliphatic rings. The Morgan fingerprint density at radius 3 is 2.83 bits per heavy atom. The molecule has 2 heterocycles. The van der Waals surface area contributed by atoms with Crippen molar-refractivity contribution in [3.63, 3.8) is 0 Å². The number of phenolic OH excluding ortho intramolecular Hbond substituents is 1. The van der Waals surface area contributed by atoms with Gasteiger partial charge >= 0.3 is 0 Å². The van der Waals surface area contributed by atoms with Crippen LogP contribution in [0.4, 0.5) is 4.39 Å². The Bertz CT molecular complexity index is 736. The highest BCUT2D eigenvalue weighted by Gasteiger charge is 2.13. The van der Waals surface area contributed by atoms with Crippen LogP contribution in [0.15, 0.2) is 36.5 Å². The molecule has 0 aliphatic carbocycles. The van der Waals surface area contributed by atoms with E-state index in [1.54, 1.807) is 23.9 Å². The van der Waals surface area contributed by atoms with E-state index < -0.39 is 5.82 Å². The summed E-state index contributed by atoms with van der Waals surface area (Å²) in [6, 6.07) is 7.51. The van der Waals surface area contributed by atoms with Crippen LogP contribution in [0.2, 0.25) is 0 Å². The van der Waals surface area contributed by atoms with Crippen LogP contribution in [0.25, 0.3) is 22.6 Å². The number of aryl methyl sites for hydroxylation is 1. The number of phenols is 1. The number of fused-ring (bicyclic) bond motifs is 1. The van der Waals surface area contributed by atoms with Gasteiger partial charge in [-0.05, 0) is 24.3 Å². The largest absolute Gasteiger partial charge is 0.507 e. The molecule has 3 rings (SSSR count). The molecule has 0 aliphatic heterocycles. The summed E-state index contributed by atoms with van der Waals surface area (Å²) in [5.74, 6) is -0.0530. The first kappa shape index (κ1) is 10.7. The summed E-state index contributed by atoms with van der Waals surface area (Å²) in [5.41, 5.74) is 1.94. The van der Waals surface area contributed by atoms with Gasteiger partial charge in [0.25, 0.3) is 0 Å². The Labute approximate surface area is 102 Å². The minimum Gasteiger partial charge on any atom is -0.507 e. The normalized spacial score (nSPS) is 11.0. The fraction of sp³-hybridized carbons (Fsp3) is 0.0769. The van der Waals surface area contributed by atoms with E-state index in [0.717, 1.165) is 17.2 Å². The summed E-state index contributed by atoms with van der Waals surface area (Å²) < 4.78 is 14.7. The van der Waals surface area contributed by atoms with Crippen LogP contribution >= 0.6 is 0 Å². The first-order valence-corrected chi connectivity index (χ1v) is 5.43. The van der Waals surface area contributed by atoms with E-state index in [9.17, 15) is 9.50 Å². The molecule has 1 aromatic carbocycles. The number of rotatable bonds is 1. The second-order valence-electron chi connectivity index (χ2n) is 4.00. The highest BCUT2D eigenvalue weighted by atomic mass is 19.1. The molecule has 0 amide bonds. The Morgan fingerprint density at radius 1 is 1.28 bits per heavy atom. The number of aromatic hydroxyl groups is 1. The summed E-state index contributed by atoms with van der Waals surface area (Å²) in [6.07, 6.45) is 1.68. The van der Waals surface area contributed by atoms with Gasteiger partial charge in [0.15, 0.2) is 5.65 Å². The van der Waals surface area contributed by atoms with Crippen LogP contribution in [0.1, 0.15) is 0 Å². The molecular formula is C13H10FN3O. The van der Waals surface area contributed by atoms with E-state index in [1.807, 2.05) is 6.07 Å². The van der Waals surface area contributed by atoms with Gasteiger partial charge in [-0.1, -0.05) is 0 Å². The van der Waals surface area contributed by atoms with E-state index in [1.165, 1.54) is 12.1 Å². The molecule has 18 heavy (non-hydrogen) atoms. The van der Waals surface area contributed by atoms with Crippen molar-refractivity contribution in [2.45, 2.75) is 0 Å². The van der Waals surface area contributed by atoms with Crippen molar-refractivity contribution in [3.8, 4) is 17.1 Å². The van der Waals surface area contributed by atoms with Gasteiger partial charge in [-0.3, -0.25) is 0 Å². The minimum absolute atomic E-state index is 0.131. The van der Waals surface area contributed by atoms with Crippen LogP contribution in [-0.2, 0) is 7.05 Å². The zero-order valence-electron chi connectivity index (χ0n) is 9.63. The predicted molar refractivity (Wildman–Crippen MR) is 65.6 cm³/mol. The number of benzene rings is 1. The molecule has 0 saturated heterocycles. The monoisotopic (exact) mass is 243 g/mol. The molecule has 1 N–H and O–H groups in total. The van der Waals surface area contributed by atoms with Crippen molar-refractivity contribution in [2.75, 3.05) is 0 Å². The van der Waals surface area contributed by atoms with Gasteiger partial charge in [0, 0.05) is 19.3 Å². The number of hydrogen-bond acceptors (Lipinski definition) is 3. The van der Waals surface area contributed by atoms with Gasteiger partial charge in [0.2, 0.25) is 0 Å². The summed E-state index contributed by atoms with van der Waals surface area (Å²) >= 11 is 0. The number of aromatic nitrogens is 3. The summed E-state index contributed by atoms with van der Waals surface area (Å²) in [4.78, 5) is 8.61. The molecule has 0 spiro atoms. The standard InChI is InChI=1S/C13H10FN3O/c1-17-12(9-5-4-8(14)7-11(9)18)16-10-3-2-6-15-13(10)17/h2-7,18H,1H3. The van der Waals surface area contributed by atoms with E-state index >= 15 is 0 Å². The molecule has 0 unspecified atom stereocenters. The van der Waals surface area contributed by atoms with Crippen LogP contribution in [0, 0.1) is 5.82 Å². The topological polar surface area (TPSA) is 50.9 Å². The minimum atomic E-state index is -0.479. The lowest BCUT2D eigenvalue weighted by atomic mass is 10.2. The summed E-state index contributed by atoms with van der Waals surface area (Å²) in [5, 5.41) is 9.78. The average molecular weight is 243 g/mol. The van der Waals surface area contributed by atoms with E-state index in [0.29, 0.717) is 11.4 Å². The van der Waals surface area contributed by atoms with Crippen LogP contribution in [0.5, 0.6) is 5.75 Å². The Balaban J connectivity index is 2.28. The van der Waals surface area contributed by atoms with E-state index in [4.69, 9.17) is 0 Å². The Morgan fingerprint density at radius 2 is 2.11 bits per heavy atom. The van der Waals surface area contributed by atoms with E-state index in [2.05, 4.69) is 9.97 Å². The average Bonchev–Trinajstić information content (AvgIpc) is 2.68. The molecule has 0 saturated carbocycles. The molecular weight excluding hydrogens is 233 g/mol. The van der Waals surface area contributed by atoms with E-state index in [-0.39, 0.29) is 5.75 Å². The fourth-order valence-corrected chi connectivity index (χ4v) is 1.96. The van der Waals surface area contributed by atoms with Gasteiger partial charge < -0.3 is 9.67 Å². The Kier molecular flexibility index (Phi) is 2.26. The van der Waals surface area contributed by atoms with Crippen LogP contribution in [-0.4, -0.2) is 19.6 Å². The fourth-order valence-electron chi connectivity index (χ4n) is 1.96. The number of halogens is 1. The maximum absolute atomic E-state index is 13.0.